The predicted molar refractivity (Wildman–Crippen MR) is 134 cm³/mol. The van der Waals surface area contributed by atoms with Gasteiger partial charge in [-0.05, 0) is 50.2 Å². The number of halogens is 1. The fourth-order valence-corrected chi connectivity index (χ4v) is 3.15. The molecule has 30 heavy (non-hydrogen) atoms. The van der Waals surface area contributed by atoms with E-state index in [1.165, 1.54) is 18.4 Å². The van der Waals surface area contributed by atoms with Gasteiger partial charge in [0.05, 0.1) is 19.7 Å². The van der Waals surface area contributed by atoms with Gasteiger partial charge in [-0.3, -0.25) is 0 Å². The second-order valence-corrected chi connectivity index (χ2v) is 8.30. The molecular formula is C23H36IN5O. The summed E-state index contributed by atoms with van der Waals surface area (Å²) >= 11 is 0. The Bertz CT molecular complexity index is 814. The van der Waals surface area contributed by atoms with Gasteiger partial charge in [0, 0.05) is 31.0 Å². The molecule has 1 aliphatic carbocycles. The zero-order chi connectivity index (χ0) is 20.6. The van der Waals surface area contributed by atoms with Crippen molar-refractivity contribution in [1.82, 2.24) is 20.2 Å². The molecule has 1 fully saturated rings. The van der Waals surface area contributed by atoms with E-state index in [1.54, 1.807) is 0 Å². The minimum atomic E-state index is 0. The fourth-order valence-electron chi connectivity index (χ4n) is 3.15. The van der Waals surface area contributed by atoms with Gasteiger partial charge in [0.15, 0.2) is 5.96 Å². The Morgan fingerprint density at radius 3 is 2.80 bits per heavy atom. The highest BCUT2D eigenvalue weighted by Gasteiger charge is 2.22. The number of nitrogens with zero attached hydrogens (tertiary/aromatic N) is 3. The Kier molecular flexibility index (Phi) is 9.94. The topological polar surface area (TPSA) is 63.5 Å². The molecule has 1 saturated carbocycles. The minimum Gasteiger partial charge on any atom is -0.493 e. The number of aromatic nitrogens is 2. The van der Waals surface area contributed by atoms with Crippen LogP contribution in [-0.4, -0.2) is 28.7 Å². The number of aliphatic imine (C=N–C) groups is 1. The molecule has 1 heterocycles. The molecule has 0 unspecified atom stereocenters. The van der Waals surface area contributed by atoms with Crippen molar-refractivity contribution in [3.8, 4) is 5.75 Å². The van der Waals surface area contributed by atoms with Crippen molar-refractivity contribution in [1.29, 1.82) is 0 Å². The average molecular weight is 525 g/mol. The number of imidazole rings is 1. The van der Waals surface area contributed by atoms with Crippen LogP contribution in [0.3, 0.4) is 0 Å². The molecule has 0 bridgehead atoms. The van der Waals surface area contributed by atoms with Crippen molar-refractivity contribution in [2.45, 2.75) is 60.2 Å². The summed E-state index contributed by atoms with van der Waals surface area (Å²) in [5.41, 5.74) is 2.33. The number of ether oxygens (including phenoxy) is 1. The third-order valence-corrected chi connectivity index (χ3v) is 4.92. The van der Waals surface area contributed by atoms with Crippen molar-refractivity contribution in [3.63, 3.8) is 0 Å². The van der Waals surface area contributed by atoms with Crippen LogP contribution < -0.4 is 15.4 Å². The SMILES string of the molecule is CCNC(=NCc1ccc(C)cc1OCC1CC1)NCc1nccn1CC(C)C.I. The van der Waals surface area contributed by atoms with Gasteiger partial charge in [-0.2, -0.15) is 0 Å². The summed E-state index contributed by atoms with van der Waals surface area (Å²) in [5, 5.41) is 6.74. The number of nitrogens with one attached hydrogen (secondary N) is 2. The molecule has 2 aromatic rings. The summed E-state index contributed by atoms with van der Waals surface area (Å²) in [4.78, 5) is 9.27. The maximum atomic E-state index is 6.08. The summed E-state index contributed by atoms with van der Waals surface area (Å²) in [6.45, 7) is 12.4. The van der Waals surface area contributed by atoms with Crippen LogP contribution in [0.4, 0.5) is 0 Å². The number of hydrogen-bond donors (Lipinski definition) is 2. The molecule has 0 saturated heterocycles. The van der Waals surface area contributed by atoms with Crippen LogP contribution in [-0.2, 0) is 19.6 Å². The lowest BCUT2D eigenvalue weighted by molar-refractivity contribution is 0.296. The Hall–Kier alpha value is -1.77. The number of benzene rings is 1. The first-order valence-electron chi connectivity index (χ1n) is 10.8. The third kappa shape index (κ3) is 7.81. The summed E-state index contributed by atoms with van der Waals surface area (Å²) in [6.07, 6.45) is 6.48. The van der Waals surface area contributed by atoms with Crippen LogP contribution >= 0.6 is 24.0 Å². The maximum absolute atomic E-state index is 6.08. The van der Waals surface area contributed by atoms with Crippen molar-refractivity contribution >= 4 is 29.9 Å². The van der Waals surface area contributed by atoms with E-state index in [-0.39, 0.29) is 24.0 Å². The molecule has 0 spiro atoms. The smallest absolute Gasteiger partial charge is 0.191 e. The second kappa shape index (κ2) is 12.2. The Labute approximate surface area is 197 Å². The highest BCUT2D eigenvalue weighted by atomic mass is 127. The summed E-state index contributed by atoms with van der Waals surface area (Å²) < 4.78 is 8.28. The van der Waals surface area contributed by atoms with E-state index in [2.05, 4.69) is 66.1 Å². The van der Waals surface area contributed by atoms with Crippen molar-refractivity contribution in [2.75, 3.05) is 13.2 Å². The van der Waals surface area contributed by atoms with E-state index in [1.807, 2.05) is 12.4 Å². The van der Waals surface area contributed by atoms with Crippen molar-refractivity contribution < 1.29 is 4.74 Å². The molecule has 1 aliphatic rings. The van der Waals surface area contributed by atoms with Gasteiger partial charge in [-0.1, -0.05) is 26.0 Å². The molecule has 1 aromatic heterocycles. The number of aryl methyl sites for hydroxylation is 1. The Balaban J connectivity index is 0.00000320. The standard InChI is InChI=1S/C23H35N5O.HI/c1-5-24-23(27-14-22-25-10-11-28(22)15-17(2)3)26-13-20-9-6-18(4)12-21(20)29-16-19-7-8-19;/h6,9-12,17,19H,5,7-8,13-16H2,1-4H3,(H2,24,26,27);1H. The molecule has 2 N–H and O–H groups in total. The third-order valence-electron chi connectivity index (χ3n) is 4.92. The highest BCUT2D eigenvalue weighted by Crippen LogP contribution is 2.30. The molecule has 0 radical (unpaired) electrons. The molecule has 0 amide bonds. The summed E-state index contributed by atoms with van der Waals surface area (Å²) in [6, 6.07) is 6.37. The van der Waals surface area contributed by atoms with Gasteiger partial charge >= 0.3 is 0 Å². The summed E-state index contributed by atoms with van der Waals surface area (Å²) in [7, 11) is 0. The second-order valence-electron chi connectivity index (χ2n) is 8.30. The maximum Gasteiger partial charge on any atom is 0.191 e. The monoisotopic (exact) mass is 525 g/mol. The lowest BCUT2D eigenvalue weighted by atomic mass is 10.1. The molecule has 0 aliphatic heterocycles. The first kappa shape index (κ1) is 24.5. The lowest BCUT2D eigenvalue weighted by Gasteiger charge is -2.15. The molecule has 6 nitrogen and oxygen atoms in total. The van der Waals surface area contributed by atoms with Gasteiger partial charge in [-0.25, -0.2) is 9.98 Å². The van der Waals surface area contributed by atoms with E-state index in [0.29, 0.717) is 19.0 Å². The lowest BCUT2D eigenvalue weighted by Crippen LogP contribution is -2.37. The zero-order valence-electron chi connectivity index (χ0n) is 18.6. The first-order valence-corrected chi connectivity index (χ1v) is 10.8. The van der Waals surface area contributed by atoms with Crippen molar-refractivity contribution in [2.24, 2.45) is 16.8 Å². The zero-order valence-corrected chi connectivity index (χ0v) is 21.0. The number of hydrogen-bond acceptors (Lipinski definition) is 3. The summed E-state index contributed by atoms with van der Waals surface area (Å²) in [5.74, 6) is 4.10. The average Bonchev–Trinajstić information content (AvgIpc) is 3.42. The molecular weight excluding hydrogens is 489 g/mol. The van der Waals surface area contributed by atoms with E-state index >= 15 is 0 Å². The number of rotatable bonds is 10. The van der Waals surface area contributed by atoms with E-state index in [9.17, 15) is 0 Å². The quantitative estimate of drug-likeness (QED) is 0.272. The van der Waals surface area contributed by atoms with E-state index in [4.69, 9.17) is 9.73 Å². The van der Waals surface area contributed by atoms with Crippen molar-refractivity contribution in [3.05, 3.63) is 47.5 Å². The Morgan fingerprint density at radius 1 is 1.30 bits per heavy atom. The minimum absolute atomic E-state index is 0. The van der Waals surface area contributed by atoms with Crippen LogP contribution in [0.2, 0.25) is 0 Å². The fraction of sp³-hybridized carbons (Fsp3) is 0.565. The van der Waals surface area contributed by atoms with Gasteiger partial charge < -0.3 is 19.9 Å². The van der Waals surface area contributed by atoms with Crippen LogP contribution in [0.15, 0.2) is 35.6 Å². The van der Waals surface area contributed by atoms with Crippen LogP contribution in [0.1, 0.15) is 50.6 Å². The predicted octanol–water partition coefficient (Wildman–Crippen LogP) is 4.51. The number of guanidine groups is 1. The highest BCUT2D eigenvalue weighted by molar-refractivity contribution is 14.0. The molecule has 7 heteroatoms. The van der Waals surface area contributed by atoms with E-state index < -0.39 is 0 Å². The van der Waals surface area contributed by atoms with Crippen LogP contribution in [0.25, 0.3) is 0 Å². The first-order chi connectivity index (χ1) is 14.0. The van der Waals surface area contributed by atoms with Gasteiger partial charge in [0.1, 0.15) is 11.6 Å². The van der Waals surface area contributed by atoms with Gasteiger partial charge in [0.25, 0.3) is 0 Å². The molecule has 0 atom stereocenters. The van der Waals surface area contributed by atoms with Crippen LogP contribution in [0, 0.1) is 18.8 Å². The molecule has 166 valence electrons. The van der Waals surface area contributed by atoms with Gasteiger partial charge in [0.2, 0.25) is 0 Å². The largest absolute Gasteiger partial charge is 0.493 e. The van der Waals surface area contributed by atoms with E-state index in [0.717, 1.165) is 48.7 Å². The Morgan fingerprint density at radius 2 is 2.10 bits per heavy atom. The van der Waals surface area contributed by atoms with Gasteiger partial charge in [-0.15, -0.1) is 24.0 Å². The normalized spacial score (nSPS) is 13.8. The van der Waals surface area contributed by atoms with Crippen LogP contribution in [0.5, 0.6) is 5.75 Å². The molecule has 1 aromatic carbocycles. The molecule has 3 rings (SSSR count).